The van der Waals surface area contributed by atoms with E-state index in [2.05, 4.69) is 10.4 Å². The lowest BCUT2D eigenvalue weighted by Crippen LogP contribution is -2.25. The summed E-state index contributed by atoms with van der Waals surface area (Å²) in [6.45, 7) is 0.255. The highest BCUT2D eigenvalue weighted by Gasteiger charge is 2.19. The van der Waals surface area contributed by atoms with E-state index in [4.69, 9.17) is 23.2 Å². The van der Waals surface area contributed by atoms with Crippen LogP contribution >= 0.6 is 23.2 Å². The van der Waals surface area contributed by atoms with Gasteiger partial charge in [0.25, 0.3) is 5.91 Å². The number of aryl methyl sites for hydroxylation is 1. The van der Waals surface area contributed by atoms with Gasteiger partial charge in [-0.1, -0.05) is 35.3 Å². The number of amides is 1. The van der Waals surface area contributed by atoms with Crippen LogP contribution < -0.4 is 5.32 Å². The molecule has 0 saturated carbocycles. The number of nitrogens with one attached hydrogen (secondary N) is 1. The highest BCUT2D eigenvalue weighted by atomic mass is 35.5. The van der Waals surface area contributed by atoms with Crippen molar-refractivity contribution in [1.82, 2.24) is 19.7 Å². The van der Waals surface area contributed by atoms with Crippen molar-refractivity contribution in [2.45, 2.75) is 6.54 Å². The van der Waals surface area contributed by atoms with Gasteiger partial charge in [0.15, 0.2) is 0 Å². The van der Waals surface area contributed by atoms with Gasteiger partial charge in [0.05, 0.1) is 21.4 Å². The number of benzene rings is 2. The van der Waals surface area contributed by atoms with Crippen molar-refractivity contribution in [3.05, 3.63) is 94.0 Å². The Labute approximate surface area is 182 Å². The lowest BCUT2D eigenvalue weighted by Gasteiger charge is -2.09. The van der Waals surface area contributed by atoms with Gasteiger partial charge in [0.2, 0.25) is 0 Å². The lowest BCUT2D eigenvalue weighted by atomic mass is 10.2. The Hall–Kier alpha value is -3.09. The zero-order valence-electron chi connectivity index (χ0n) is 15.9. The molecule has 4 rings (SSSR count). The average Bonchev–Trinajstić information content (AvgIpc) is 3.35. The van der Waals surface area contributed by atoms with Crippen LogP contribution in [-0.4, -0.2) is 20.3 Å². The first kappa shape index (κ1) is 20.2. The smallest absolute Gasteiger partial charge is 0.270 e. The van der Waals surface area contributed by atoms with Gasteiger partial charge < -0.3 is 9.88 Å². The summed E-state index contributed by atoms with van der Waals surface area (Å²) in [6.07, 6.45) is 1.90. The molecule has 0 aliphatic heterocycles. The highest BCUT2D eigenvalue weighted by molar-refractivity contribution is 6.42. The maximum atomic E-state index is 13.1. The Morgan fingerprint density at radius 2 is 1.83 bits per heavy atom. The second kappa shape index (κ2) is 8.34. The maximum Gasteiger partial charge on any atom is 0.270 e. The molecule has 0 atom stereocenters. The van der Waals surface area contributed by atoms with Crippen molar-refractivity contribution in [2.24, 2.45) is 7.05 Å². The van der Waals surface area contributed by atoms with Gasteiger partial charge in [0.1, 0.15) is 17.2 Å². The predicted molar refractivity (Wildman–Crippen MR) is 116 cm³/mol. The van der Waals surface area contributed by atoms with Crippen molar-refractivity contribution in [2.75, 3.05) is 0 Å². The Morgan fingerprint density at radius 3 is 2.50 bits per heavy atom. The van der Waals surface area contributed by atoms with Gasteiger partial charge >= 0.3 is 0 Å². The fraction of sp³-hybridized carbons (Fsp3) is 0.0909. The van der Waals surface area contributed by atoms with Gasteiger partial charge in [-0.15, -0.1) is 0 Å². The van der Waals surface area contributed by atoms with Crippen LogP contribution in [0.25, 0.3) is 17.1 Å². The number of halogens is 3. The van der Waals surface area contributed by atoms with Gasteiger partial charge in [0, 0.05) is 19.8 Å². The van der Waals surface area contributed by atoms with Crippen LogP contribution in [0.1, 0.15) is 16.1 Å². The summed E-state index contributed by atoms with van der Waals surface area (Å²) in [6, 6.07) is 16.6. The van der Waals surface area contributed by atoms with Gasteiger partial charge in [-0.25, -0.2) is 9.07 Å². The molecule has 0 aliphatic rings. The molecule has 8 heteroatoms. The van der Waals surface area contributed by atoms with E-state index in [9.17, 15) is 9.18 Å². The fourth-order valence-electron chi connectivity index (χ4n) is 3.08. The van der Waals surface area contributed by atoms with Crippen LogP contribution in [0.3, 0.4) is 0 Å². The summed E-state index contributed by atoms with van der Waals surface area (Å²) in [5.41, 5.74) is 3.23. The van der Waals surface area contributed by atoms with Crippen molar-refractivity contribution < 1.29 is 9.18 Å². The van der Waals surface area contributed by atoms with E-state index in [1.165, 1.54) is 16.8 Å². The minimum Gasteiger partial charge on any atom is -0.349 e. The number of hydrogen-bond acceptors (Lipinski definition) is 2. The van der Waals surface area contributed by atoms with E-state index in [-0.39, 0.29) is 18.3 Å². The Kier molecular flexibility index (Phi) is 5.61. The third-order valence-corrected chi connectivity index (χ3v) is 5.40. The molecule has 152 valence electrons. The van der Waals surface area contributed by atoms with Crippen molar-refractivity contribution >= 4 is 29.1 Å². The first-order valence-electron chi connectivity index (χ1n) is 9.12. The normalized spacial score (nSPS) is 10.9. The van der Waals surface area contributed by atoms with Crippen molar-refractivity contribution in [3.8, 4) is 17.1 Å². The molecule has 0 saturated heterocycles. The van der Waals surface area contributed by atoms with Crippen molar-refractivity contribution in [1.29, 1.82) is 0 Å². The zero-order valence-corrected chi connectivity index (χ0v) is 17.5. The summed E-state index contributed by atoms with van der Waals surface area (Å²) >= 11 is 12.2. The van der Waals surface area contributed by atoms with E-state index in [1.54, 1.807) is 36.4 Å². The van der Waals surface area contributed by atoms with Crippen LogP contribution in [0.2, 0.25) is 10.0 Å². The molecule has 0 spiro atoms. The molecule has 1 amide bonds. The van der Waals surface area contributed by atoms with Crippen LogP contribution in [0.4, 0.5) is 4.39 Å². The minimum atomic E-state index is -0.324. The number of carbonyl (C=O) groups excluding carboxylic acids is 1. The van der Waals surface area contributed by atoms with E-state index >= 15 is 0 Å². The SMILES string of the molecule is Cn1cccc1-c1cc(C(=O)NCc2ccc(F)cc2)n(-c2ccc(Cl)c(Cl)c2)n1. The third-order valence-electron chi connectivity index (χ3n) is 4.66. The Bertz CT molecular complexity index is 1210. The first-order chi connectivity index (χ1) is 14.4. The summed E-state index contributed by atoms with van der Waals surface area (Å²) in [7, 11) is 1.90. The van der Waals surface area contributed by atoms with Gasteiger partial charge in [-0.3, -0.25) is 4.79 Å². The number of rotatable bonds is 5. The second-order valence-electron chi connectivity index (χ2n) is 6.74. The number of aromatic nitrogens is 3. The van der Waals surface area contributed by atoms with Crippen LogP contribution in [-0.2, 0) is 13.6 Å². The topological polar surface area (TPSA) is 51.9 Å². The lowest BCUT2D eigenvalue weighted by molar-refractivity contribution is 0.0943. The van der Waals surface area contributed by atoms with Gasteiger partial charge in [-0.05, 0) is 54.1 Å². The number of hydrogen-bond donors (Lipinski definition) is 1. The summed E-state index contributed by atoms with van der Waals surface area (Å²) < 4.78 is 16.6. The molecule has 4 aromatic rings. The number of nitrogens with zero attached hydrogens (tertiary/aromatic N) is 3. The first-order valence-corrected chi connectivity index (χ1v) is 9.88. The summed E-state index contributed by atoms with van der Waals surface area (Å²) in [4.78, 5) is 13.0. The summed E-state index contributed by atoms with van der Waals surface area (Å²) in [5, 5.41) is 8.26. The predicted octanol–water partition coefficient (Wildman–Crippen LogP) is 5.25. The van der Waals surface area contributed by atoms with E-state index in [0.29, 0.717) is 27.1 Å². The Balaban J connectivity index is 1.70. The molecule has 0 radical (unpaired) electrons. The zero-order chi connectivity index (χ0) is 21.3. The number of carbonyl (C=O) groups is 1. The molecular weight excluding hydrogens is 426 g/mol. The van der Waals surface area contributed by atoms with E-state index in [1.807, 2.05) is 29.9 Å². The molecule has 2 aromatic carbocycles. The second-order valence-corrected chi connectivity index (χ2v) is 7.55. The third kappa shape index (κ3) is 4.10. The molecule has 0 fully saturated rings. The molecular formula is C22H17Cl2FN4O. The molecule has 5 nitrogen and oxygen atoms in total. The van der Waals surface area contributed by atoms with Crippen molar-refractivity contribution in [3.63, 3.8) is 0 Å². The van der Waals surface area contributed by atoms with E-state index < -0.39 is 0 Å². The monoisotopic (exact) mass is 442 g/mol. The molecule has 0 bridgehead atoms. The standard InChI is InChI=1S/C22H17Cl2FN4O/c1-28-10-2-3-20(28)19-12-21(22(30)26-13-14-4-6-15(25)7-5-14)29(27-19)16-8-9-17(23)18(24)11-16/h2-12H,13H2,1H3,(H,26,30). The quantitative estimate of drug-likeness (QED) is 0.458. The molecule has 2 heterocycles. The van der Waals surface area contributed by atoms with E-state index in [0.717, 1.165) is 11.3 Å². The largest absolute Gasteiger partial charge is 0.349 e. The maximum absolute atomic E-state index is 13.1. The Morgan fingerprint density at radius 1 is 1.07 bits per heavy atom. The average molecular weight is 443 g/mol. The molecule has 2 aromatic heterocycles. The van der Waals surface area contributed by atoms with Crippen LogP contribution in [0.5, 0.6) is 0 Å². The molecule has 0 aliphatic carbocycles. The molecule has 1 N–H and O–H groups in total. The van der Waals surface area contributed by atoms with Crippen LogP contribution in [0.15, 0.2) is 66.9 Å². The molecule has 0 unspecified atom stereocenters. The fourth-order valence-corrected chi connectivity index (χ4v) is 3.38. The highest BCUT2D eigenvalue weighted by Crippen LogP contribution is 2.27. The molecule has 30 heavy (non-hydrogen) atoms. The van der Waals surface area contributed by atoms with Crippen LogP contribution in [0, 0.1) is 5.82 Å². The summed E-state index contributed by atoms with van der Waals surface area (Å²) in [5.74, 6) is -0.645. The minimum absolute atomic E-state index is 0.255. The van der Waals surface area contributed by atoms with Gasteiger partial charge in [-0.2, -0.15) is 5.10 Å².